The minimum atomic E-state index is -0.470. The van der Waals surface area contributed by atoms with Crippen LogP contribution < -0.4 is 4.74 Å². The number of ether oxygens (including phenoxy) is 1. The van der Waals surface area contributed by atoms with Crippen molar-refractivity contribution in [3.63, 3.8) is 0 Å². The molecule has 1 aromatic carbocycles. The highest BCUT2D eigenvalue weighted by molar-refractivity contribution is 5.34. The number of aryl methyl sites for hydroxylation is 1. The van der Waals surface area contributed by atoms with Gasteiger partial charge in [-0.2, -0.15) is 0 Å². The number of benzene rings is 1. The van der Waals surface area contributed by atoms with Gasteiger partial charge in [-0.15, -0.1) is 0 Å². The van der Waals surface area contributed by atoms with Crippen molar-refractivity contribution >= 4 is 0 Å². The Balaban J connectivity index is 2.15. The Labute approximate surface area is 105 Å². The number of aromatic nitrogens is 1. The van der Waals surface area contributed by atoms with Gasteiger partial charge in [-0.25, -0.2) is 4.39 Å². The molecule has 0 spiro atoms. The molecule has 0 aliphatic rings. The SMILES string of the molecule is Cc1cncc(COc2c(F)cccc2CO)c1. The second kappa shape index (κ2) is 5.60. The van der Waals surface area contributed by atoms with E-state index in [9.17, 15) is 4.39 Å². The van der Waals surface area contributed by atoms with E-state index in [0.29, 0.717) is 5.56 Å². The lowest BCUT2D eigenvalue weighted by Gasteiger charge is -2.11. The Bertz CT molecular complexity index is 543. The third-order valence-corrected chi connectivity index (χ3v) is 2.53. The molecule has 0 aliphatic heterocycles. The normalized spacial score (nSPS) is 10.4. The Hall–Kier alpha value is -1.94. The summed E-state index contributed by atoms with van der Waals surface area (Å²) >= 11 is 0. The highest BCUT2D eigenvalue weighted by Crippen LogP contribution is 2.23. The van der Waals surface area contributed by atoms with E-state index < -0.39 is 5.82 Å². The molecule has 18 heavy (non-hydrogen) atoms. The molecule has 1 aromatic heterocycles. The molecule has 0 saturated carbocycles. The molecule has 4 heteroatoms. The predicted molar refractivity (Wildman–Crippen MR) is 65.6 cm³/mol. The van der Waals surface area contributed by atoms with Gasteiger partial charge in [-0.1, -0.05) is 12.1 Å². The summed E-state index contributed by atoms with van der Waals surface area (Å²) in [4.78, 5) is 4.04. The average molecular weight is 247 g/mol. The number of para-hydroxylation sites is 1. The first-order chi connectivity index (χ1) is 8.70. The molecular formula is C14H14FNO2. The number of hydrogen-bond donors (Lipinski definition) is 1. The van der Waals surface area contributed by atoms with Crippen LogP contribution in [0.15, 0.2) is 36.7 Å². The minimum Gasteiger partial charge on any atom is -0.485 e. The first-order valence-electron chi connectivity index (χ1n) is 5.62. The topological polar surface area (TPSA) is 42.4 Å². The molecule has 2 rings (SSSR count). The molecule has 1 heterocycles. The van der Waals surface area contributed by atoms with E-state index in [1.807, 2.05) is 13.0 Å². The van der Waals surface area contributed by atoms with Crippen molar-refractivity contribution in [3.05, 3.63) is 59.2 Å². The van der Waals surface area contributed by atoms with Crippen molar-refractivity contribution < 1.29 is 14.2 Å². The standard InChI is InChI=1S/C14H14FNO2/c1-10-5-11(7-16-6-10)9-18-14-12(8-17)3-2-4-13(14)15/h2-7,17H,8-9H2,1H3. The summed E-state index contributed by atoms with van der Waals surface area (Å²) in [6, 6.07) is 6.41. The van der Waals surface area contributed by atoms with Crippen LogP contribution in [0.25, 0.3) is 0 Å². The van der Waals surface area contributed by atoms with Gasteiger partial charge in [0.2, 0.25) is 0 Å². The van der Waals surface area contributed by atoms with Crippen molar-refractivity contribution in [2.75, 3.05) is 0 Å². The number of nitrogens with zero attached hydrogens (tertiary/aromatic N) is 1. The molecular weight excluding hydrogens is 233 g/mol. The first-order valence-corrected chi connectivity index (χ1v) is 5.62. The highest BCUT2D eigenvalue weighted by atomic mass is 19.1. The lowest BCUT2D eigenvalue weighted by molar-refractivity contribution is 0.251. The number of hydrogen-bond acceptors (Lipinski definition) is 3. The summed E-state index contributed by atoms with van der Waals surface area (Å²) in [6.07, 6.45) is 3.41. The lowest BCUT2D eigenvalue weighted by atomic mass is 10.2. The monoisotopic (exact) mass is 247 g/mol. The summed E-state index contributed by atoms with van der Waals surface area (Å²) < 4.78 is 19.0. The van der Waals surface area contributed by atoms with Crippen molar-refractivity contribution in [2.24, 2.45) is 0 Å². The van der Waals surface area contributed by atoms with E-state index in [2.05, 4.69) is 4.98 Å². The van der Waals surface area contributed by atoms with E-state index in [1.54, 1.807) is 24.5 Å². The Morgan fingerprint density at radius 2 is 2.17 bits per heavy atom. The third-order valence-electron chi connectivity index (χ3n) is 2.53. The highest BCUT2D eigenvalue weighted by Gasteiger charge is 2.09. The molecule has 0 aliphatic carbocycles. The Morgan fingerprint density at radius 3 is 2.89 bits per heavy atom. The second-order valence-corrected chi connectivity index (χ2v) is 4.05. The van der Waals surface area contributed by atoms with Crippen LogP contribution in [0.1, 0.15) is 16.7 Å². The molecule has 0 radical (unpaired) electrons. The van der Waals surface area contributed by atoms with Crippen LogP contribution in [0.2, 0.25) is 0 Å². The number of rotatable bonds is 4. The van der Waals surface area contributed by atoms with Gasteiger partial charge in [0.15, 0.2) is 11.6 Å². The fourth-order valence-corrected chi connectivity index (χ4v) is 1.69. The quantitative estimate of drug-likeness (QED) is 0.903. The van der Waals surface area contributed by atoms with Gasteiger partial charge in [0, 0.05) is 23.5 Å². The molecule has 0 atom stereocenters. The van der Waals surface area contributed by atoms with Crippen molar-refractivity contribution in [1.82, 2.24) is 4.98 Å². The zero-order chi connectivity index (χ0) is 13.0. The van der Waals surface area contributed by atoms with Crippen molar-refractivity contribution in [3.8, 4) is 5.75 Å². The van der Waals surface area contributed by atoms with Crippen LogP contribution in [0.3, 0.4) is 0 Å². The second-order valence-electron chi connectivity index (χ2n) is 4.05. The fraction of sp³-hybridized carbons (Fsp3) is 0.214. The van der Waals surface area contributed by atoms with Crippen LogP contribution in [-0.4, -0.2) is 10.1 Å². The smallest absolute Gasteiger partial charge is 0.165 e. The Kier molecular flexibility index (Phi) is 3.89. The van der Waals surface area contributed by atoms with Gasteiger partial charge < -0.3 is 9.84 Å². The van der Waals surface area contributed by atoms with Crippen molar-refractivity contribution in [1.29, 1.82) is 0 Å². The predicted octanol–water partition coefficient (Wildman–Crippen LogP) is 2.60. The van der Waals surface area contributed by atoms with Crippen LogP contribution in [-0.2, 0) is 13.2 Å². The van der Waals surface area contributed by atoms with E-state index in [1.165, 1.54) is 6.07 Å². The molecule has 0 fully saturated rings. The molecule has 0 saturated heterocycles. The summed E-state index contributed by atoms with van der Waals surface area (Å²) in [5, 5.41) is 9.13. The summed E-state index contributed by atoms with van der Waals surface area (Å²) in [6.45, 7) is 1.90. The summed E-state index contributed by atoms with van der Waals surface area (Å²) in [7, 11) is 0. The van der Waals surface area contributed by atoms with E-state index in [4.69, 9.17) is 9.84 Å². The molecule has 0 amide bonds. The lowest BCUT2D eigenvalue weighted by Crippen LogP contribution is -2.01. The van der Waals surface area contributed by atoms with Crippen LogP contribution in [0.5, 0.6) is 5.75 Å². The van der Waals surface area contributed by atoms with Crippen LogP contribution >= 0.6 is 0 Å². The number of aliphatic hydroxyl groups is 1. The van der Waals surface area contributed by atoms with Gasteiger partial charge in [0.25, 0.3) is 0 Å². The Morgan fingerprint density at radius 1 is 1.33 bits per heavy atom. The summed E-state index contributed by atoms with van der Waals surface area (Å²) in [5.74, 6) is -0.372. The third kappa shape index (κ3) is 2.84. The molecule has 2 aromatic rings. The summed E-state index contributed by atoms with van der Waals surface area (Å²) in [5.41, 5.74) is 2.32. The van der Waals surface area contributed by atoms with Crippen molar-refractivity contribution in [2.45, 2.75) is 20.1 Å². The molecule has 94 valence electrons. The molecule has 0 unspecified atom stereocenters. The average Bonchev–Trinajstić information content (AvgIpc) is 2.37. The van der Waals surface area contributed by atoms with Gasteiger partial charge >= 0.3 is 0 Å². The van der Waals surface area contributed by atoms with Gasteiger partial charge in [0.1, 0.15) is 6.61 Å². The van der Waals surface area contributed by atoms with Gasteiger partial charge in [-0.3, -0.25) is 4.98 Å². The first kappa shape index (κ1) is 12.5. The number of halogens is 1. The maximum Gasteiger partial charge on any atom is 0.165 e. The van der Waals surface area contributed by atoms with E-state index in [-0.39, 0.29) is 19.0 Å². The largest absolute Gasteiger partial charge is 0.485 e. The van der Waals surface area contributed by atoms with Gasteiger partial charge in [0.05, 0.1) is 6.61 Å². The zero-order valence-electron chi connectivity index (χ0n) is 10.1. The molecule has 1 N–H and O–H groups in total. The fourth-order valence-electron chi connectivity index (χ4n) is 1.69. The van der Waals surface area contributed by atoms with Gasteiger partial charge in [-0.05, 0) is 24.6 Å². The molecule has 0 bridgehead atoms. The van der Waals surface area contributed by atoms with E-state index in [0.717, 1.165) is 11.1 Å². The zero-order valence-corrected chi connectivity index (χ0v) is 10.1. The molecule has 3 nitrogen and oxygen atoms in total. The maximum atomic E-state index is 13.6. The maximum absolute atomic E-state index is 13.6. The van der Waals surface area contributed by atoms with Crippen LogP contribution in [0, 0.1) is 12.7 Å². The number of pyridine rings is 1. The van der Waals surface area contributed by atoms with E-state index >= 15 is 0 Å². The van der Waals surface area contributed by atoms with Crippen LogP contribution in [0.4, 0.5) is 4.39 Å². The number of aliphatic hydroxyl groups excluding tert-OH is 1. The minimum absolute atomic E-state index is 0.0986.